The molecule has 1 aromatic carbocycles. The zero-order valence-electron chi connectivity index (χ0n) is 14.4. The Kier molecular flexibility index (Phi) is 6.08. The third-order valence-corrected chi connectivity index (χ3v) is 5.09. The summed E-state index contributed by atoms with van der Waals surface area (Å²) in [5, 5.41) is 16.3. The molecule has 1 aliphatic heterocycles. The number of thiophene rings is 1. The summed E-state index contributed by atoms with van der Waals surface area (Å²) in [5.41, 5.74) is 1.06. The number of nitrogens with one attached hydrogen (secondary N) is 2. The lowest BCUT2D eigenvalue weighted by molar-refractivity contribution is -0.121. The van der Waals surface area contributed by atoms with E-state index in [1.807, 2.05) is 34.5 Å². The molecule has 0 spiro atoms. The highest BCUT2D eigenvalue weighted by atomic mass is 32.1. The third-order valence-electron chi connectivity index (χ3n) is 4.21. The highest BCUT2D eigenvalue weighted by molar-refractivity contribution is 7.09. The summed E-state index contributed by atoms with van der Waals surface area (Å²) in [4.78, 5) is 29.1. The lowest BCUT2D eigenvalue weighted by atomic mass is 10.2. The number of phenolic OH excluding ortho intramolecular Hbond substituents is 1. The number of rotatable bonds is 5. The van der Waals surface area contributed by atoms with Crippen molar-refractivity contribution in [1.29, 1.82) is 0 Å². The zero-order valence-corrected chi connectivity index (χ0v) is 15.2. The van der Waals surface area contributed by atoms with Crippen molar-refractivity contribution in [2.75, 3.05) is 37.6 Å². The number of anilines is 1. The minimum Gasteiger partial charge on any atom is -0.508 e. The maximum Gasteiger partial charge on any atom is 0.321 e. The monoisotopic (exact) mass is 374 g/mol. The largest absolute Gasteiger partial charge is 0.508 e. The summed E-state index contributed by atoms with van der Waals surface area (Å²) < 4.78 is 0. The number of phenols is 1. The van der Waals surface area contributed by atoms with Crippen LogP contribution in [0.25, 0.3) is 0 Å². The van der Waals surface area contributed by atoms with Gasteiger partial charge in [-0.05, 0) is 35.7 Å². The Morgan fingerprint density at radius 1 is 1.08 bits per heavy atom. The van der Waals surface area contributed by atoms with Gasteiger partial charge in [0.25, 0.3) is 0 Å². The van der Waals surface area contributed by atoms with Crippen molar-refractivity contribution in [3.05, 3.63) is 46.7 Å². The number of carbonyl (C=O) groups is 2. The van der Waals surface area contributed by atoms with E-state index < -0.39 is 6.03 Å². The molecule has 3 amide bonds. The van der Waals surface area contributed by atoms with Gasteiger partial charge in [-0.15, -0.1) is 11.3 Å². The summed E-state index contributed by atoms with van der Waals surface area (Å²) in [6, 6.07) is 10.5. The lowest BCUT2D eigenvalue weighted by Gasteiger charge is -2.35. The Bertz CT molecular complexity index is 725. The number of carbonyl (C=O) groups excluding carboxylic acids is 2. The molecule has 8 heteroatoms. The fraction of sp³-hybridized carbons (Fsp3) is 0.333. The highest BCUT2D eigenvalue weighted by Crippen LogP contribution is 2.19. The molecule has 0 atom stereocenters. The van der Waals surface area contributed by atoms with E-state index in [4.69, 9.17) is 0 Å². The number of benzene rings is 1. The molecule has 3 rings (SSSR count). The van der Waals surface area contributed by atoms with Gasteiger partial charge >= 0.3 is 6.03 Å². The van der Waals surface area contributed by atoms with E-state index >= 15 is 0 Å². The summed E-state index contributed by atoms with van der Waals surface area (Å²) in [7, 11) is 0. The van der Waals surface area contributed by atoms with Crippen molar-refractivity contribution in [2.45, 2.75) is 6.54 Å². The Hall–Kier alpha value is -2.58. The maximum atomic E-state index is 12.0. The predicted molar refractivity (Wildman–Crippen MR) is 101 cm³/mol. The number of piperazine rings is 1. The van der Waals surface area contributed by atoms with Gasteiger partial charge in [0.2, 0.25) is 5.91 Å². The van der Waals surface area contributed by atoms with Crippen molar-refractivity contribution in [1.82, 2.24) is 15.5 Å². The van der Waals surface area contributed by atoms with E-state index in [2.05, 4.69) is 15.5 Å². The smallest absolute Gasteiger partial charge is 0.321 e. The van der Waals surface area contributed by atoms with Gasteiger partial charge in [-0.2, -0.15) is 0 Å². The first-order valence-electron chi connectivity index (χ1n) is 8.46. The van der Waals surface area contributed by atoms with E-state index in [0.29, 0.717) is 6.54 Å². The summed E-state index contributed by atoms with van der Waals surface area (Å²) >= 11 is 1.56. The van der Waals surface area contributed by atoms with Gasteiger partial charge in [0.1, 0.15) is 5.75 Å². The number of amides is 3. The van der Waals surface area contributed by atoms with Crippen LogP contribution in [0.5, 0.6) is 5.75 Å². The van der Waals surface area contributed by atoms with E-state index in [1.165, 1.54) is 0 Å². The third kappa shape index (κ3) is 5.21. The van der Waals surface area contributed by atoms with Crippen molar-refractivity contribution in [3.63, 3.8) is 0 Å². The van der Waals surface area contributed by atoms with Crippen LogP contribution in [0.1, 0.15) is 4.88 Å². The quantitative estimate of drug-likeness (QED) is 0.740. The minimum absolute atomic E-state index is 0.204. The minimum atomic E-state index is -0.467. The fourth-order valence-corrected chi connectivity index (χ4v) is 3.47. The Morgan fingerprint density at radius 3 is 2.46 bits per heavy atom. The predicted octanol–water partition coefficient (Wildman–Crippen LogP) is 1.60. The van der Waals surface area contributed by atoms with Crippen LogP contribution in [-0.4, -0.2) is 54.7 Å². The molecule has 3 N–H and O–H groups in total. The van der Waals surface area contributed by atoms with Gasteiger partial charge in [-0.25, -0.2) is 4.79 Å². The second-order valence-corrected chi connectivity index (χ2v) is 7.12. The van der Waals surface area contributed by atoms with Gasteiger partial charge in [-0.3, -0.25) is 15.0 Å². The summed E-state index contributed by atoms with van der Waals surface area (Å²) in [5.74, 6) is -0.0480. The Labute approximate surface area is 156 Å². The fourth-order valence-electron chi connectivity index (χ4n) is 2.82. The van der Waals surface area contributed by atoms with Crippen LogP contribution in [0.2, 0.25) is 0 Å². The SMILES string of the molecule is O=C(CN1CCN(c2ccc(O)cc2)CC1)NC(=O)NCc1cccs1. The van der Waals surface area contributed by atoms with E-state index in [-0.39, 0.29) is 18.2 Å². The van der Waals surface area contributed by atoms with Gasteiger partial charge in [0.15, 0.2) is 0 Å². The van der Waals surface area contributed by atoms with Crippen LogP contribution >= 0.6 is 11.3 Å². The van der Waals surface area contributed by atoms with Crippen molar-refractivity contribution in [2.24, 2.45) is 0 Å². The Balaban J connectivity index is 1.37. The van der Waals surface area contributed by atoms with Crippen LogP contribution in [0.3, 0.4) is 0 Å². The zero-order chi connectivity index (χ0) is 18.4. The molecule has 1 aromatic heterocycles. The number of hydrogen-bond acceptors (Lipinski definition) is 6. The van der Waals surface area contributed by atoms with Gasteiger partial charge in [0, 0.05) is 36.7 Å². The summed E-state index contributed by atoms with van der Waals surface area (Å²) in [6.45, 7) is 3.69. The van der Waals surface area contributed by atoms with Gasteiger partial charge < -0.3 is 15.3 Å². The molecule has 2 heterocycles. The second kappa shape index (κ2) is 8.68. The van der Waals surface area contributed by atoms with Gasteiger partial charge in [0.05, 0.1) is 13.1 Å². The first-order chi connectivity index (χ1) is 12.6. The number of hydrogen-bond donors (Lipinski definition) is 3. The maximum absolute atomic E-state index is 12.0. The average Bonchev–Trinajstić information content (AvgIpc) is 3.15. The van der Waals surface area contributed by atoms with E-state index in [1.54, 1.807) is 23.5 Å². The number of urea groups is 1. The Morgan fingerprint density at radius 2 is 1.81 bits per heavy atom. The van der Waals surface area contributed by atoms with Crippen LogP contribution in [-0.2, 0) is 11.3 Å². The molecular formula is C18H22N4O3S. The lowest BCUT2D eigenvalue weighted by Crippen LogP contribution is -2.51. The molecular weight excluding hydrogens is 352 g/mol. The van der Waals surface area contributed by atoms with Crippen LogP contribution < -0.4 is 15.5 Å². The molecule has 0 aliphatic carbocycles. The van der Waals surface area contributed by atoms with Crippen LogP contribution in [0.4, 0.5) is 10.5 Å². The molecule has 0 bridgehead atoms. The standard InChI is InChI=1S/C18H22N4O3S/c23-15-5-3-14(4-6-15)22-9-7-21(8-10-22)13-17(24)20-18(25)19-12-16-2-1-11-26-16/h1-6,11,23H,7-10,12-13H2,(H2,19,20,24,25). The van der Waals surface area contributed by atoms with Crippen molar-refractivity contribution >= 4 is 29.0 Å². The van der Waals surface area contributed by atoms with E-state index in [0.717, 1.165) is 36.7 Å². The first-order valence-corrected chi connectivity index (χ1v) is 9.34. The molecule has 1 fully saturated rings. The van der Waals surface area contributed by atoms with Gasteiger partial charge in [-0.1, -0.05) is 6.07 Å². The number of nitrogens with zero attached hydrogens (tertiary/aromatic N) is 2. The molecule has 138 valence electrons. The molecule has 0 unspecified atom stereocenters. The highest BCUT2D eigenvalue weighted by Gasteiger charge is 2.20. The summed E-state index contributed by atoms with van der Waals surface area (Å²) in [6.07, 6.45) is 0. The van der Waals surface area contributed by atoms with Crippen LogP contribution in [0.15, 0.2) is 41.8 Å². The van der Waals surface area contributed by atoms with Crippen molar-refractivity contribution < 1.29 is 14.7 Å². The van der Waals surface area contributed by atoms with Crippen molar-refractivity contribution in [3.8, 4) is 5.75 Å². The molecule has 0 radical (unpaired) electrons. The molecule has 0 saturated carbocycles. The first kappa shape index (κ1) is 18.2. The number of imide groups is 1. The molecule has 2 aromatic rings. The molecule has 1 aliphatic rings. The molecule has 26 heavy (non-hydrogen) atoms. The second-order valence-electron chi connectivity index (χ2n) is 6.09. The van der Waals surface area contributed by atoms with Crippen LogP contribution in [0, 0.1) is 0 Å². The molecule has 7 nitrogen and oxygen atoms in total. The number of aromatic hydroxyl groups is 1. The molecule has 1 saturated heterocycles. The average molecular weight is 374 g/mol. The normalized spacial score (nSPS) is 14.8. The topological polar surface area (TPSA) is 84.9 Å². The van der Waals surface area contributed by atoms with E-state index in [9.17, 15) is 14.7 Å².